The van der Waals surface area contributed by atoms with Crippen LogP contribution in [-0.4, -0.2) is 12.5 Å². The van der Waals surface area contributed by atoms with E-state index in [2.05, 4.69) is 28.4 Å². The van der Waals surface area contributed by atoms with E-state index in [1.54, 1.807) is 0 Å². The van der Waals surface area contributed by atoms with Crippen LogP contribution in [0.2, 0.25) is 0 Å². The molecule has 1 aliphatic rings. The third kappa shape index (κ3) is 3.33. The van der Waals surface area contributed by atoms with Gasteiger partial charge in [0.15, 0.2) is 0 Å². The first-order valence-electron chi connectivity index (χ1n) is 9.42. The van der Waals surface area contributed by atoms with E-state index in [9.17, 15) is 4.79 Å². The van der Waals surface area contributed by atoms with Gasteiger partial charge < -0.3 is 10.2 Å². The van der Waals surface area contributed by atoms with E-state index in [0.29, 0.717) is 0 Å². The van der Waals surface area contributed by atoms with Gasteiger partial charge in [-0.3, -0.25) is 4.79 Å². The third-order valence-electron chi connectivity index (χ3n) is 5.33. The maximum Gasteiger partial charge on any atom is 0.251 e. The molecule has 0 fully saturated rings. The van der Waals surface area contributed by atoms with Crippen LogP contribution in [0.15, 0.2) is 72.8 Å². The molecule has 0 saturated heterocycles. The number of para-hydroxylation sites is 2. The number of nitrogens with one attached hydrogen (secondary N) is 1. The normalized spacial score (nSPS) is 13.9. The Morgan fingerprint density at radius 1 is 0.889 bits per heavy atom. The van der Waals surface area contributed by atoms with Crippen LogP contribution in [0.5, 0.6) is 0 Å². The lowest BCUT2D eigenvalue weighted by Gasteiger charge is -2.30. The largest absolute Gasteiger partial charge is 0.355 e. The maximum atomic E-state index is 13.5. The Morgan fingerprint density at radius 2 is 1.56 bits per heavy atom. The molecule has 27 heavy (non-hydrogen) atoms. The number of carbonyl (C=O) groups excluding carboxylic acids is 1. The Morgan fingerprint density at radius 3 is 2.30 bits per heavy atom. The molecule has 136 valence electrons. The minimum atomic E-state index is -0.353. The molecule has 1 heterocycles. The summed E-state index contributed by atoms with van der Waals surface area (Å²) in [5.74, 6) is 0.00954. The second kappa shape index (κ2) is 7.28. The smallest absolute Gasteiger partial charge is 0.251 e. The summed E-state index contributed by atoms with van der Waals surface area (Å²) in [7, 11) is 0. The van der Waals surface area contributed by atoms with Gasteiger partial charge in [-0.15, -0.1) is 0 Å². The van der Waals surface area contributed by atoms with Crippen molar-refractivity contribution in [1.29, 1.82) is 0 Å². The highest BCUT2D eigenvalue weighted by Crippen LogP contribution is 2.36. The molecular weight excluding hydrogens is 332 g/mol. The number of fused-ring (bicyclic) bond motifs is 1. The lowest BCUT2D eigenvalue weighted by Crippen LogP contribution is -2.36. The molecule has 3 nitrogen and oxygen atoms in total. The molecule has 3 aromatic carbocycles. The summed E-state index contributed by atoms with van der Waals surface area (Å²) in [5, 5.41) is 3.20. The van der Waals surface area contributed by atoms with Crippen molar-refractivity contribution in [2.24, 2.45) is 0 Å². The highest BCUT2D eigenvalue weighted by atomic mass is 16.2. The van der Waals surface area contributed by atoms with Crippen LogP contribution >= 0.6 is 0 Å². The van der Waals surface area contributed by atoms with E-state index in [-0.39, 0.29) is 11.9 Å². The summed E-state index contributed by atoms with van der Waals surface area (Å²) in [6, 6.07) is 24.2. The highest BCUT2D eigenvalue weighted by molar-refractivity contribution is 5.99. The Balaban J connectivity index is 1.72. The fourth-order valence-corrected chi connectivity index (χ4v) is 3.94. The molecule has 3 aromatic rings. The van der Waals surface area contributed by atoms with E-state index < -0.39 is 0 Å². The van der Waals surface area contributed by atoms with Gasteiger partial charge in [0.05, 0.1) is 0 Å². The van der Waals surface area contributed by atoms with Crippen LogP contribution in [0.1, 0.15) is 28.3 Å². The van der Waals surface area contributed by atoms with Gasteiger partial charge in [-0.2, -0.15) is 0 Å². The lowest BCUT2D eigenvalue weighted by atomic mass is 10.0. The first-order valence-corrected chi connectivity index (χ1v) is 9.42. The van der Waals surface area contributed by atoms with E-state index in [4.69, 9.17) is 0 Å². The molecule has 0 saturated carbocycles. The zero-order valence-electron chi connectivity index (χ0n) is 15.8. The zero-order valence-corrected chi connectivity index (χ0v) is 15.8. The minimum Gasteiger partial charge on any atom is -0.355 e. The van der Waals surface area contributed by atoms with Crippen LogP contribution in [-0.2, 0) is 11.2 Å². The van der Waals surface area contributed by atoms with Crippen LogP contribution in [0.25, 0.3) is 0 Å². The summed E-state index contributed by atoms with van der Waals surface area (Å²) in [6.07, 6.45) is 0.968. The predicted molar refractivity (Wildman–Crippen MR) is 111 cm³/mol. The second-order valence-electron chi connectivity index (χ2n) is 7.14. The van der Waals surface area contributed by atoms with Crippen molar-refractivity contribution in [3.05, 3.63) is 95.1 Å². The van der Waals surface area contributed by atoms with Crippen LogP contribution < -0.4 is 10.2 Å². The molecule has 3 heteroatoms. The Kier molecular flexibility index (Phi) is 4.68. The number of carbonyl (C=O) groups is 1. The molecule has 0 radical (unpaired) electrons. The van der Waals surface area contributed by atoms with Gasteiger partial charge in [0.25, 0.3) is 5.91 Å². The van der Waals surface area contributed by atoms with Crippen LogP contribution in [0, 0.1) is 13.8 Å². The summed E-state index contributed by atoms with van der Waals surface area (Å²) in [5.41, 5.74) is 6.55. The zero-order chi connectivity index (χ0) is 18.8. The van der Waals surface area contributed by atoms with E-state index in [1.807, 2.05) is 68.4 Å². The van der Waals surface area contributed by atoms with Crippen molar-refractivity contribution >= 4 is 17.3 Å². The van der Waals surface area contributed by atoms with Gasteiger partial charge in [0.2, 0.25) is 0 Å². The summed E-state index contributed by atoms with van der Waals surface area (Å²) in [4.78, 5) is 15.7. The molecule has 0 spiro atoms. The fourth-order valence-electron chi connectivity index (χ4n) is 3.94. The van der Waals surface area contributed by atoms with Gasteiger partial charge in [0, 0.05) is 17.9 Å². The number of hydrogen-bond acceptors (Lipinski definition) is 2. The molecular formula is C24H24N2O. The Hall–Kier alpha value is -3.07. The number of nitrogens with zero attached hydrogens (tertiary/aromatic N) is 1. The molecule has 1 aliphatic heterocycles. The Bertz CT molecular complexity index is 945. The first-order chi connectivity index (χ1) is 13.1. The molecule has 1 N–H and O–H groups in total. The average Bonchev–Trinajstić information content (AvgIpc) is 3.10. The van der Waals surface area contributed by atoms with Gasteiger partial charge >= 0.3 is 0 Å². The third-order valence-corrected chi connectivity index (χ3v) is 5.33. The number of amides is 1. The van der Waals surface area contributed by atoms with Crippen LogP contribution in [0.3, 0.4) is 0 Å². The quantitative estimate of drug-likeness (QED) is 0.710. The fraction of sp³-hybridized carbons (Fsp3) is 0.208. The number of hydrogen-bond donors (Lipinski definition) is 1. The van der Waals surface area contributed by atoms with Gasteiger partial charge in [-0.1, -0.05) is 66.7 Å². The van der Waals surface area contributed by atoms with Crippen LogP contribution in [0.4, 0.5) is 11.4 Å². The standard InChI is InChI=1S/C24H24N2O/c1-17-9-8-10-18(2)22(17)25-24(27)23(20-12-4-3-5-13-20)26-16-15-19-11-6-7-14-21(19)26/h3-14,23H,15-16H2,1-2H3,(H,25,27)/t23-/m1/s1. The number of aryl methyl sites for hydroxylation is 2. The van der Waals surface area contributed by atoms with Crippen molar-refractivity contribution in [3.8, 4) is 0 Å². The topological polar surface area (TPSA) is 32.3 Å². The molecule has 1 amide bonds. The Labute approximate surface area is 160 Å². The maximum absolute atomic E-state index is 13.5. The highest BCUT2D eigenvalue weighted by Gasteiger charge is 2.32. The summed E-state index contributed by atoms with van der Waals surface area (Å²) in [6.45, 7) is 4.91. The van der Waals surface area contributed by atoms with Crippen molar-refractivity contribution in [2.45, 2.75) is 26.3 Å². The van der Waals surface area contributed by atoms with Crippen molar-refractivity contribution in [3.63, 3.8) is 0 Å². The predicted octanol–water partition coefficient (Wildman–Crippen LogP) is 5.05. The van der Waals surface area contributed by atoms with E-state index in [0.717, 1.165) is 41.0 Å². The summed E-state index contributed by atoms with van der Waals surface area (Å²) >= 11 is 0. The summed E-state index contributed by atoms with van der Waals surface area (Å²) < 4.78 is 0. The van der Waals surface area contributed by atoms with E-state index in [1.165, 1.54) is 5.56 Å². The van der Waals surface area contributed by atoms with Crippen molar-refractivity contribution in [2.75, 3.05) is 16.8 Å². The molecule has 4 rings (SSSR count). The molecule has 1 atom stereocenters. The minimum absolute atomic E-state index is 0.00954. The molecule has 0 unspecified atom stereocenters. The van der Waals surface area contributed by atoms with Gasteiger partial charge in [-0.05, 0) is 48.6 Å². The SMILES string of the molecule is Cc1cccc(C)c1NC(=O)[C@@H](c1ccccc1)N1CCc2ccccc21. The average molecular weight is 356 g/mol. The van der Waals surface area contributed by atoms with Crippen molar-refractivity contribution in [1.82, 2.24) is 0 Å². The monoisotopic (exact) mass is 356 g/mol. The molecule has 0 bridgehead atoms. The number of anilines is 2. The second-order valence-corrected chi connectivity index (χ2v) is 7.14. The number of rotatable bonds is 4. The van der Waals surface area contributed by atoms with Crippen molar-refractivity contribution < 1.29 is 4.79 Å². The lowest BCUT2D eigenvalue weighted by molar-refractivity contribution is -0.117. The van der Waals surface area contributed by atoms with E-state index >= 15 is 0 Å². The number of benzene rings is 3. The first kappa shape index (κ1) is 17.3. The molecule has 0 aromatic heterocycles. The van der Waals surface area contributed by atoms with Gasteiger partial charge in [0.1, 0.15) is 6.04 Å². The molecule has 0 aliphatic carbocycles. The van der Waals surface area contributed by atoms with Gasteiger partial charge in [-0.25, -0.2) is 0 Å².